The van der Waals surface area contributed by atoms with E-state index in [1.54, 1.807) is 0 Å². The molecule has 0 heterocycles. The maximum Gasteiger partial charge on any atom is 0.0702 e. The molecule has 0 amide bonds. The smallest absolute Gasteiger partial charge is 0.0702 e. The van der Waals surface area contributed by atoms with Gasteiger partial charge in [-0.3, -0.25) is 0 Å². The fraction of sp³-hybridized carbons (Fsp3) is 0.600. The maximum absolute atomic E-state index is 9.39. The lowest BCUT2D eigenvalue weighted by Gasteiger charge is -2.29. The van der Waals surface area contributed by atoms with Gasteiger partial charge in [0.25, 0.3) is 0 Å². The van der Waals surface area contributed by atoms with Crippen molar-refractivity contribution in [2.75, 3.05) is 18.5 Å². The summed E-state index contributed by atoms with van der Waals surface area (Å²) in [5.74, 6) is 0.786. The molecule has 0 radical (unpaired) electrons. The normalized spacial score (nSPS) is 16.8. The molecule has 1 aliphatic rings. The second-order valence-corrected chi connectivity index (χ2v) is 5.75. The molecule has 2 rings (SSSR count). The standard InChI is InChI=1S/C15H22ClNO/c1-17(10-12-5-3-2-4-6-12)15-9-14(16)8-7-13(15)11-18/h7-9,12,18H,2-6,10-11H2,1H3. The predicted molar refractivity (Wildman–Crippen MR) is 77.2 cm³/mol. The van der Waals surface area contributed by atoms with Crippen molar-refractivity contribution < 1.29 is 5.11 Å². The molecule has 1 fully saturated rings. The molecule has 0 unspecified atom stereocenters. The third-order valence-electron chi connectivity index (χ3n) is 3.89. The summed E-state index contributed by atoms with van der Waals surface area (Å²) in [6.07, 6.45) is 6.78. The van der Waals surface area contributed by atoms with Crippen LogP contribution in [0.25, 0.3) is 0 Å². The van der Waals surface area contributed by atoms with Crippen molar-refractivity contribution in [1.29, 1.82) is 0 Å². The lowest BCUT2D eigenvalue weighted by atomic mass is 9.89. The van der Waals surface area contributed by atoms with Crippen LogP contribution in [0.15, 0.2) is 18.2 Å². The Kier molecular flexibility index (Phi) is 4.90. The van der Waals surface area contributed by atoms with E-state index >= 15 is 0 Å². The highest BCUT2D eigenvalue weighted by molar-refractivity contribution is 6.30. The minimum absolute atomic E-state index is 0.0709. The molecule has 1 aromatic rings. The van der Waals surface area contributed by atoms with Gasteiger partial charge < -0.3 is 10.0 Å². The topological polar surface area (TPSA) is 23.5 Å². The molecule has 0 aromatic heterocycles. The van der Waals surface area contributed by atoms with Crippen molar-refractivity contribution in [2.45, 2.75) is 38.7 Å². The van der Waals surface area contributed by atoms with Crippen molar-refractivity contribution in [2.24, 2.45) is 5.92 Å². The molecule has 3 heteroatoms. The van der Waals surface area contributed by atoms with Gasteiger partial charge in [-0.1, -0.05) is 36.9 Å². The molecule has 2 nitrogen and oxygen atoms in total. The third kappa shape index (κ3) is 3.39. The molecule has 0 atom stereocenters. The molecular formula is C15H22ClNO. The average molecular weight is 268 g/mol. The largest absolute Gasteiger partial charge is 0.392 e. The van der Waals surface area contributed by atoms with Crippen LogP contribution in [0.2, 0.25) is 5.02 Å². The first-order chi connectivity index (χ1) is 8.70. The molecule has 0 spiro atoms. The quantitative estimate of drug-likeness (QED) is 0.896. The van der Waals surface area contributed by atoms with Gasteiger partial charge in [-0.15, -0.1) is 0 Å². The van der Waals surface area contributed by atoms with Crippen LogP contribution in [-0.2, 0) is 6.61 Å². The van der Waals surface area contributed by atoms with Gasteiger partial charge in [0, 0.05) is 29.9 Å². The lowest BCUT2D eigenvalue weighted by Crippen LogP contribution is -2.27. The maximum atomic E-state index is 9.39. The number of nitrogens with zero attached hydrogens (tertiary/aromatic N) is 1. The van der Waals surface area contributed by atoms with Crippen molar-refractivity contribution >= 4 is 17.3 Å². The summed E-state index contributed by atoms with van der Waals surface area (Å²) in [4.78, 5) is 2.24. The van der Waals surface area contributed by atoms with Crippen LogP contribution in [0.1, 0.15) is 37.7 Å². The molecule has 1 aromatic carbocycles. The van der Waals surface area contributed by atoms with Crippen LogP contribution in [0.3, 0.4) is 0 Å². The minimum atomic E-state index is 0.0709. The molecule has 100 valence electrons. The molecule has 0 saturated heterocycles. The van der Waals surface area contributed by atoms with Gasteiger partial charge in [-0.05, 0) is 30.9 Å². The van der Waals surface area contributed by atoms with Gasteiger partial charge in [0.1, 0.15) is 0 Å². The second kappa shape index (κ2) is 6.44. The Hall–Kier alpha value is -0.730. The fourth-order valence-corrected chi connectivity index (χ4v) is 3.05. The highest BCUT2D eigenvalue weighted by Gasteiger charge is 2.17. The number of benzene rings is 1. The zero-order valence-corrected chi connectivity index (χ0v) is 11.8. The van der Waals surface area contributed by atoms with E-state index in [1.165, 1.54) is 32.1 Å². The highest BCUT2D eigenvalue weighted by Crippen LogP contribution is 2.28. The predicted octanol–water partition coefficient (Wildman–Crippen LogP) is 3.85. The molecule has 0 aliphatic heterocycles. The number of hydrogen-bond donors (Lipinski definition) is 1. The van der Waals surface area contributed by atoms with E-state index in [1.807, 2.05) is 18.2 Å². The zero-order valence-electron chi connectivity index (χ0n) is 11.0. The first kappa shape index (κ1) is 13.7. The molecular weight excluding hydrogens is 246 g/mol. The van der Waals surface area contributed by atoms with E-state index in [9.17, 15) is 5.11 Å². The average Bonchev–Trinajstić information content (AvgIpc) is 2.40. The second-order valence-electron chi connectivity index (χ2n) is 5.32. The van der Waals surface area contributed by atoms with Crippen LogP contribution in [0, 0.1) is 5.92 Å². The van der Waals surface area contributed by atoms with Crippen molar-refractivity contribution in [3.8, 4) is 0 Å². The van der Waals surface area contributed by atoms with E-state index in [0.717, 1.165) is 28.7 Å². The number of aliphatic hydroxyl groups is 1. The van der Waals surface area contributed by atoms with Gasteiger partial charge in [0.05, 0.1) is 6.61 Å². The summed E-state index contributed by atoms with van der Waals surface area (Å²) >= 11 is 6.05. The van der Waals surface area contributed by atoms with Crippen molar-refractivity contribution in [1.82, 2.24) is 0 Å². The molecule has 0 bridgehead atoms. The Morgan fingerprint density at radius 1 is 1.28 bits per heavy atom. The summed E-state index contributed by atoms with van der Waals surface area (Å²) in [6.45, 7) is 1.13. The molecule has 18 heavy (non-hydrogen) atoms. The van der Waals surface area contributed by atoms with Gasteiger partial charge in [-0.2, -0.15) is 0 Å². The molecule has 1 saturated carbocycles. The Morgan fingerprint density at radius 3 is 2.67 bits per heavy atom. The van der Waals surface area contributed by atoms with Crippen molar-refractivity contribution in [3.05, 3.63) is 28.8 Å². The monoisotopic (exact) mass is 267 g/mol. The fourth-order valence-electron chi connectivity index (χ4n) is 2.88. The van der Waals surface area contributed by atoms with Gasteiger partial charge in [-0.25, -0.2) is 0 Å². The van der Waals surface area contributed by atoms with Crippen molar-refractivity contribution in [3.63, 3.8) is 0 Å². The Balaban J connectivity index is 2.07. The number of hydrogen-bond acceptors (Lipinski definition) is 2. The van der Waals surface area contributed by atoms with Crippen LogP contribution in [0.5, 0.6) is 0 Å². The van der Waals surface area contributed by atoms with Crippen LogP contribution in [-0.4, -0.2) is 18.7 Å². The van der Waals surface area contributed by atoms with E-state index < -0.39 is 0 Å². The molecule has 1 N–H and O–H groups in total. The summed E-state index contributed by atoms with van der Waals surface area (Å²) in [5, 5.41) is 10.1. The van der Waals surface area contributed by atoms with E-state index in [4.69, 9.17) is 11.6 Å². The number of anilines is 1. The Morgan fingerprint density at radius 2 is 2.00 bits per heavy atom. The van der Waals surface area contributed by atoms with E-state index in [0.29, 0.717) is 0 Å². The van der Waals surface area contributed by atoms with Crippen LogP contribution < -0.4 is 4.90 Å². The Labute approximate surface area is 115 Å². The minimum Gasteiger partial charge on any atom is -0.392 e. The summed E-state index contributed by atoms with van der Waals surface area (Å²) < 4.78 is 0. The van der Waals surface area contributed by atoms with Gasteiger partial charge >= 0.3 is 0 Å². The first-order valence-electron chi connectivity index (χ1n) is 6.81. The number of halogens is 1. The lowest BCUT2D eigenvalue weighted by molar-refractivity contribution is 0.281. The third-order valence-corrected chi connectivity index (χ3v) is 4.12. The number of rotatable bonds is 4. The van der Waals surface area contributed by atoms with E-state index in [-0.39, 0.29) is 6.61 Å². The summed E-state index contributed by atoms with van der Waals surface area (Å²) in [7, 11) is 2.10. The van der Waals surface area contributed by atoms with E-state index in [2.05, 4.69) is 11.9 Å². The zero-order chi connectivity index (χ0) is 13.0. The highest BCUT2D eigenvalue weighted by atomic mass is 35.5. The summed E-state index contributed by atoms with van der Waals surface area (Å²) in [6, 6.07) is 5.70. The van der Waals surface area contributed by atoms with Gasteiger partial charge in [0.2, 0.25) is 0 Å². The number of aliphatic hydroxyl groups excluding tert-OH is 1. The van der Waals surface area contributed by atoms with Crippen LogP contribution >= 0.6 is 11.6 Å². The SMILES string of the molecule is CN(CC1CCCCC1)c1cc(Cl)ccc1CO. The summed E-state index contributed by atoms with van der Waals surface area (Å²) in [5.41, 5.74) is 2.02. The Bertz CT molecular complexity index is 388. The first-order valence-corrected chi connectivity index (χ1v) is 7.19. The molecule has 1 aliphatic carbocycles. The van der Waals surface area contributed by atoms with Crippen LogP contribution in [0.4, 0.5) is 5.69 Å². The van der Waals surface area contributed by atoms with Gasteiger partial charge in [0.15, 0.2) is 0 Å².